The summed E-state index contributed by atoms with van der Waals surface area (Å²) in [6.07, 6.45) is 7.52. The average Bonchev–Trinajstić information content (AvgIpc) is 3.13. The van der Waals surface area contributed by atoms with Gasteiger partial charge in [0.1, 0.15) is 17.4 Å². The second-order valence-corrected chi connectivity index (χ2v) is 7.51. The maximum Gasteiger partial charge on any atom is 0.292 e. The van der Waals surface area contributed by atoms with Gasteiger partial charge in [-0.3, -0.25) is 4.79 Å². The van der Waals surface area contributed by atoms with Gasteiger partial charge in [-0.2, -0.15) is 5.10 Å². The Balaban J connectivity index is 1.44. The van der Waals surface area contributed by atoms with Gasteiger partial charge in [-0.15, -0.1) is 0 Å². The molecule has 0 saturated heterocycles. The molecule has 9 heteroatoms. The maximum atomic E-state index is 14.2. The highest BCUT2D eigenvalue weighted by Crippen LogP contribution is 2.40. The van der Waals surface area contributed by atoms with Crippen molar-refractivity contribution in [2.24, 2.45) is 0 Å². The number of amides is 1. The number of nitrogens with one attached hydrogen (secondary N) is 1. The number of hydrogen-bond acceptors (Lipinski definition) is 5. The highest BCUT2D eigenvalue weighted by molar-refractivity contribution is 5.92. The number of halogens is 1. The van der Waals surface area contributed by atoms with Crippen molar-refractivity contribution >= 4 is 11.4 Å². The fourth-order valence-electron chi connectivity index (χ4n) is 3.98. The van der Waals surface area contributed by atoms with Crippen molar-refractivity contribution in [3.8, 4) is 0 Å². The van der Waals surface area contributed by atoms with Crippen LogP contribution >= 0.6 is 0 Å². The monoisotopic (exact) mass is 392 g/mol. The molecule has 6 rings (SSSR count). The zero-order chi connectivity index (χ0) is 19.5. The van der Waals surface area contributed by atoms with E-state index in [1.807, 2.05) is 0 Å². The topological polar surface area (TPSA) is 92.3 Å². The molecule has 0 unspecified atom stereocenters. The second kappa shape index (κ2) is 6.00. The predicted molar refractivity (Wildman–Crippen MR) is 98.8 cm³/mol. The van der Waals surface area contributed by atoms with E-state index in [9.17, 15) is 9.18 Å². The number of pyridine rings is 1. The molecule has 2 aliphatic rings. The fourth-order valence-corrected chi connectivity index (χ4v) is 3.98. The van der Waals surface area contributed by atoms with Crippen LogP contribution < -0.4 is 0 Å². The minimum Gasteiger partial charge on any atom is -0.435 e. The standard InChI is InChI=1S/C20H17FN6O2/c21-12-2-1-6-27-15(12)8-14(25-27)18-17-13(23-10-24-17)5-7-26(18)20(28)16-9-22-19(29-16)11-3-4-11/h1-2,6,8-11,18H,3-5,7H2,(H,23,24)/t18-/m1/s1. The Bertz CT molecular complexity index is 1240. The molecule has 1 atom stereocenters. The van der Waals surface area contributed by atoms with Crippen LogP contribution in [0.3, 0.4) is 0 Å². The van der Waals surface area contributed by atoms with Crippen molar-refractivity contribution < 1.29 is 13.6 Å². The number of oxazole rings is 1. The maximum absolute atomic E-state index is 14.2. The van der Waals surface area contributed by atoms with Crippen LogP contribution in [0.25, 0.3) is 5.52 Å². The van der Waals surface area contributed by atoms with Crippen LogP contribution in [-0.2, 0) is 6.42 Å². The van der Waals surface area contributed by atoms with Crippen molar-refractivity contribution in [2.45, 2.75) is 31.2 Å². The lowest BCUT2D eigenvalue weighted by Gasteiger charge is -2.33. The van der Waals surface area contributed by atoms with Gasteiger partial charge in [-0.1, -0.05) is 0 Å². The Hall–Kier alpha value is -3.49. The number of aromatic amines is 1. The van der Waals surface area contributed by atoms with E-state index in [0.29, 0.717) is 36.0 Å². The molecule has 0 spiro atoms. The van der Waals surface area contributed by atoms with Crippen molar-refractivity contribution in [3.63, 3.8) is 0 Å². The van der Waals surface area contributed by atoms with Gasteiger partial charge in [0.15, 0.2) is 5.89 Å². The first kappa shape index (κ1) is 16.5. The molecular weight excluding hydrogens is 375 g/mol. The summed E-state index contributed by atoms with van der Waals surface area (Å²) in [4.78, 5) is 26.8. The normalized spacial score (nSPS) is 18.9. The lowest BCUT2D eigenvalue weighted by Crippen LogP contribution is -2.40. The molecule has 1 N–H and O–H groups in total. The molecule has 146 valence electrons. The molecule has 1 aliphatic heterocycles. The first-order chi connectivity index (χ1) is 14.2. The molecule has 1 fully saturated rings. The number of fused-ring (bicyclic) bond motifs is 2. The minimum absolute atomic E-state index is 0.214. The third-order valence-electron chi connectivity index (χ3n) is 5.60. The van der Waals surface area contributed by atoms with Gasteiger partial charge in [0.2, 0.25) is 5.76 Å². The summed E-state index contributed by atoms with van der Waals surface area (Å²) < 4.78 is 21.4. The van der Waals surface area contributed by atoms with E-state index in [-0.39, 0.29) is 17.5 Å². The summed E-state index contributed by atoms with van der Waals surface area (Å²) in [6.45, 7) is 0.467. The molecule has 1 saturated carbocycles. The number of carbonyl (C=O) groups is 1. The highest BCUT2D eigenvalue weighted by atomic mass is 19.1. The van der Waals surface area contributed by atoms with E-state index in [2.05, 4.69) is 20.1 Å². The van der Waals surface area contributed by atoms with Crippen LogP contribution in [0.5, 0.6) is 0 Å². The SMILES string of the molecule is O=C(c1cnc(C2CC2)o1)N1CCc2[nH]cnc2[C@H]1c1cc2c(F)cccn2n1. The van der Waals surface area contributed by atoms with Crippen LogP contribution in [0.15, 0.2) is 41.3 Å². The van der Waals surface area contributed by atoms with Crippen LogP contribution in [0.1, 0.15) is 58.3 Å². The number of H-pyrrole nitrogens is 1. The quantitative estimate of drug-likeness (QED) is 0.579. The highest BCUT2D eigenvalue weighted by Gasteiger charge is 2.38. The van der Waals surface area contributed by atoms with Crippen molar-refractivity contribution in [1.29, 1.82) is 0 Å². The molecule has 4 aromatic heterocycles. The van der Waals surface area contributed by atoms with Gasteiger partial charge in [-0.25, -0.2) is 18.9 Å². The zero-order valence-corrected chi connectivity index (χ0v) is 15.4. The lowest BCUT2D eigenvalue weighted by atomic mass is 9.99. The minimum atomic E-state index is -0.536. The smallest absolute Gasteiger partial charge is 0.292 e. The molecule has 8 nitrogen and oxygen atoms in total. The first-order valence-electron chi connectivity index (χ1n) is 9.61. The molecule has 0 radical (unpaired) electrons. The van der Waals surface area contributed by atoms with Crippen LogP contribution in [-0.4, -0.2) is 41.9 Å². The van der Waals surface area contributed by atoms with Crippen molar-refractivity contribution in [1.82, 2.24) is 29.5 Å². The van der Waals surface area contributed by atoms with E-state index in [1.165, 1.54) is 16.8 Å². The summed E-state index contributed by atoms with van der Waals surface area (Å²) in [5, 5.41) is 4.53. The van der Waals surface area contributed by atoms with E-state index < -0.39 is 6.04 Å². The Morgan fingerprint density at radius 1 is 1.31 bits per heavy atom. The van der Waals surface area contributed by atoms with E-state index in [4.69, 9.17) is 4.42 Å². The Morgan fingerprint density at radius 2 is 2.21 bits per heavy atom. The third-order valence-corrected chi connectivity index (χ3v) is 5.60. The van der Waals surface area contributed by atoms with E-state index in [0.717, 1.165) is 24.2 Å². The fraction of sp³-hybridized carbons (Fsp3) is 0.300. The number of rotatable bonds is 3. The number of imidazole rings is 1. The van der Waals surface area contributed by atoms with Crippen molar-refractivity contribution in [3.05, 3.63) is 71.5 Å². The first-order valence-corrected chi connectivity index (χ1v) is 9.61. The summed E-state index contributed by atoms with van der Waals surface area (Å²) in [7, 11) is 0. The zero-order valence-electron chi connectivity index (χ0n) is 15.4. The van der Waals surface area contributed by atoms with Crippen LogP contribution in [0.4, 0.5) is 4.39 Å². The largest absolute Gasteiger partial charge is 0.435 e. The summed E-state index contributed by atoms with van der Waals surface area (Å²) >= 11 is 0. The van der Waals surface area contributed by atoms with Crippen LogP contribution in [0.2, 0.25) is 0 Å². The number of carbonyl (C=O) groups excluding carboxylic acids is 1. The molecular formula is C20H17FN6O2. The average molecular weight is 392 g/mol. The molecule has 0 bridgehead atoms. The van der Waals surface area contributed by atoms with Gasteiger partial charge >= 0.3 is 0 Å². The van der Waals surface area contributed by atoms with Gasteiger partial charge < -0.3 is 14.3 Å². The van der Waals surface area contributed by atoms with Crippen LogP contribution in [0, 0.1) is 5.82 Å². The number of nitrogens with zero attached hydrogens (tertiary/aromatic N) is 5. The lowest BCUT2D eigenvalue weighted by molar-refractivity contribution is 0.0652. The summed E-state index contributed by atoms with van der Waals surface area (Å²) in [6, 6.07) is 4.11. The van der Waals surface area contributed by atoms with Gasteiger partial charge in [0.25, 0.3) is 5.91 Å². The molecule has 5 heterocycles. The van der Waals surface area contributed by atoms with Gasteiger partial charge in [-0.05, 0) is 31.0 Å². The predicted octanol–water partition coefficient (Wildman–Crippen LogP) is 2.85. The number of aromatic nitrogens is 5. The number of hydrogen-bond donors (Lipinski definition) is 1. The van der Waals surface area contributed by atoms with Gasteiger partial charge in [0, 0.05) is 30.8 Å². The molecule has 4 aromatic rings. The molecule has 1 aliphatic carbocycles. The Labute approximate surface area is 164 Å². The Kier molecular flexibility index (Phi) is 3.41. The second-order valence-electron chi connectivity index (χ2n) is 7.51. The Morgan fingerprint density at radius 3 is 3.03 bits per heavy atom. The summed E-state index contributed by atoms with van der Waals surface area (Å²) in [5.74, 6) is 0.531. The van der Waals surface area contributed by atoms with E-state index in [1.54, 1.807) is 29.6 Å². The van der Waals surface area contributed by atoms with Crippen molar-refractivity contribution in [2.75, 3.05) is 6.54 Å². The van der Waals surface area contributed by atoms with Gasteiger partial charge in [0.05, 0.1) is 23.9 Å². The third kappa shape index (κ3) is 2.57. The molecule has 0 aromatic carbocycles. The molecule has 29 heavy (non-hydrogen) atoms. The summed E-state index contributed by atoms with van der Waals surface area (Å²) in [5.41, 5.74) is 2.58. The van der Waals surface area contributed by atoms with E-state index >= 15 is 0 Å². The molecule has 1 amide bonds.